The van der Waals surface area contributed by atoms with Crippen LogP contribution in [-0.4, -0.2) is 37.1 Å². The molecule has 1 aliphatic carbocycles. The molecule has 3 aromatic rings. The van der Waals surface area contributed by atoms with Crippen molar-refractivity contribution in [2.75, 3.05) is 19.5 Å². The fraction of sp³-hybridized carbons (Fsp3) is 0.227. The number of carbonyl (C=O) groups excluding carboxylic acids is 2. The predicted molar refractivity (Wildman–Crippen MR) is 108 cm³/mol. The number of esters is 1. The Balaban J connectivity index is 1.82. The first-order valence-electron chi connectivity index (χ1n) is 9.42. The van der Waals surface area contributed by atoms with E-state index in [-0.39, 0.29) is 28.6 Å². The molecule has 4 rings (SSSR count). The predicted octanol–water partition coefficient (Wildman–Crippen LogP) is 3.90. The third-order valence-corrected chi connectivity index (χ3v) is 5.05. The Hall–Kier alpha value is -3.55. The van der Waals surface area contributed by atoms with Crippen molar-refractivity contribution in [3.05, 3.63) is 59.3 Å². The molecule has 1 amide bonds. The van der Waals surface area contributed by atoms with Crippen molar-refractivity contribution in [2.24, 2.45) is 0 Å². The Kier molecular flexibility index (Phi) is 5.07. The van der Waals surface area contributed by atoms with Crippen molar-refractivity contribution >= 4 is 28.5 Å². The lowest BCUT2D eigenvalue weighted by Crippen LogP contribution is -2.26. The highest BCUT2D eigenvalue weighted by Crippen LogP contribution is 2.33. The number of rotatable bonds is 5. The Bertz CT molecular complexity index is 1180. The van der Waals surface area contributed by atoms with Gasteiger partial charge in [0.2, 0.25) is 0 Å². The molecule has 2 N–H and O–H groups in total. The quantitative estimate of drug-likeness (QED) is 0.623. The number of fused-ring (bicyclic) bond motifs is 1. The van der Waals surface area contributed by atoms with Crippen LogP contribution in [0.3, 0.4) is 0 Å². The van der Waals surface area contributed by atoms with Crippen LogP contribution in [0.1, 0.15) is 33.6 Å². The first kappa shape index (κ1) is 19.8. The Morgan fingerprint density at radius 2 is 1.87 bits per heavy atom. The summed E-state index contributed by atoms with van der Waals surface area (Å²) in [7, 11) is 2.82. The fourth-order valence-corrected chi connectivity index (χ4v) is 3.33. The van der Waals surface area contributed by atoms with Gasteiger partial charge in [-0.2, -0.15) is 0 Å². The van der Waals surface area contributed by atoms with Crippen molar-refractivity contribution in [2.45, 2.75) is 18.9 Å². The van der Waals surface area contributed by atoms with Crippen LogP contribution < -0.4 is 10.6 Å². The van der Waals surface area contributed by atoms with Gasteiger partial charge in [0.15, 0.2) is 0 Å². The molecular formula is C22H19F2N3O3. The van der Waals surface area contributed by atoms with Crippen molar-refractivity contribution in [3.63, 3.8) is 0 Å². The van der Waals surface area contributed by atoms with E-state index in [1.54, 1.807) is 7.05 Å². The number of aromatic nitrogens is 1. The second-order valence-corrected chi connectivity index (χ2v) is 7.08. The summed E-state index contributed by atoms with van der Waals surface area (Å²) in [6.45, 7) is 0. The normalized spacial score (nSPS) is 13.2. The monoisotopic (exact) mass is 411 g/mol. The van der Waals surface area contributed by atoms with E-state index in [9.17, 15) is 18.4 Å². The molecule has 0 aliphatic heterocycles. The van der Waals surface area contributed by atoms with Gasteiger partial charge in [-0.15, -0.1) is 0 Å². The zero-order chi connectivity index (χ0) is 21.4. The highest BCUT2D eigenvalue weighted by Gasteiger charge is 2.26. The van der Waals surface area contributed by atoms with Crippen LogP contribution >= 0.6 is 0 Å². The largest absolute Gasteiger partial charge is 0.465 e. The third-order valence-electron chi connectivity index (χ3n) is 5.05. The number of nitrogens with one attached hydrogen (secondary N) is 2. The van der Waals surface area contributed by atoms with Gasteiger partial charge in [-0.1, -0.05) is 6.07 Å². The molecule has 8 heteroatoms. The topological polar surface area (TPSA) is 80.3 Å². The van der Waals surface area contributed by atoms with E-state index in [1.165, 1.54) is 30.5 Å². The molecule has 1 fully saturated rings. The van der Waals surface area contributed by atoms with Gasteiger partial charge in [0.05, 0.1) is 29.4 Å². The summed E-state index contributed by atoms with van der Waals surface area (Å²) in [6, 6.07) is 6.70. The first-order valence-corrected chi connectivity index (χ1v) is 9.42. The Labute approximate surface area is 171 Å². The number of ether oxygens (including phenoxy) is 1. The molecule has 0 saturated heterocycles. The van der Waals surface area contributed by atoms with E-state index in [1.807, 2.05) is 0 Å². The number of anilines is 1. The molecule has 1 heterocycles. The maximum Gasteiger partial charge on any atom is 0.340 e. The number of hydrogen-bond donors (Lipinski definition) is 2. The minimum atomic E-state index is -0.816. The molecule has 2 aromatic carbocycles. The minimum absolute atomic E-state index is 0.121. The molecule has 0 spiro atoms. The highest BCUT2D eigenvalue weighted by molar-refractivity contribution is 6.08. The summed E-state index contributed by atoms with van der Waals surface area (Å²) in [5, 5.41) is 6.43. The number of methoxy groups -OCH3 is 1. The van der Waals surface area contributed by atoms with Gasteiger partial charge >= 0.3 is 5.97 Å². The smallest absolute Gasteiger partial charge is 0.340 e. The molecule has 1 aromatic heterocycles. The molecule has 0 atom stereocenters. The number of carbonyl (C=O) groups is 2. The molecule has 1 saturated carbocycles. The van der Waals surface area contributed by atoms with E-state index in [0.717, 1.165) is 26.0 Å². The van der Waals surface area contributed by atoms with Crippen LogP contribution in [0.2, 0.25) is 0 Å². The third kappa shape index (κ3) is 3.56. The zero-order valence-electron chi connectivity index (χ0n) is 16.4. The summed E-state index contributed by atoms with van der Waals surface area (Å²) in [5.74, 6) is -2.48. The van der Waals surface area contributed by atoms with Crippen LogP contribution in [0.5, 0.6) is 0 Å². The fourth-order valence-electron chi connectivity index (χ4n) is 3.33. The summed E-state index contributed by atoms with van der Waals surface area (Å²) < 4.78 is 33.7. The van der Waals surface area contributed by atoms with Crippen molar-refractivity contribution in [3.8, 4) is 11.1 Å². The van der Waals surface area contributed by atoms with Crippen LogP contribution in [0, 0.1) is 11.6 Å². The lowest BCUT2D eigenvalue weighted by Gasteiger charge is -2.14. The van der Waals surface area contributed by atoms with Gasteiger partial charge in [0, 0.05) is 36.3 Å². The number of hydrogen-bond acceptors (Lipinski definition) is 5. The summed E-state index contributed by atoms with van der Waals surface area (Å²) >= 11 is 0. The lowest BCUT2D eigenvalue weighted by atomic mass is 9.99. The maximum atomic E-state index is 14.8. The molecule has 30 heavy (non-hydrogen) atoms. The molecule has 6 nitrogen and oxygen atoms in total. The van der Waals surface area contributed by atoms with E-state index >= 15 is 0 Å². The van der Waals surface area contributed by atoms with Crippen LogP contribution in [0.25, 0.3) is 22.0 Å². The summed E-state index contributed by atoms with van der Waals surface area (Å²) in [6.07, 6.45) is 3.31. The lowest BCUT2D eigenvalue weighted by molar-refractivity contribution is 0.0595. The highest BCUT2D eigenvalue weighted by atomic mass is 19.1. The molecule has 0 unspecified atom stereocenters. The summed E-state index contributed by atoms with van der Waals surface area (Å²) in [5.41, 5.74) is 1.34. The van der Waals surface area contributed by atoms with Gasteiger partial charge < -0.3 is 15.4 Å². The average Bonchev–Trinajstić information content (AvgIpc) is 3.55. The number of nitrogens with zero attached hydrogens (tertiary/aromatic N) is 1. The average molecular weight is 411 g/mol. The Morgan fingerprint density at radius 3 is 2.50 bits per heavy atom. The molecule has 0 bridgehead atoms. The van der Waals surface area contributed by atoms with Gasteiger partial charge in [0.25, 0.3) is 5.91 Å². The van der Waals surface area contributed by atoms with Crippen molar-refractivity contribution in [1.82, 2.24) is 10.3 Å². The van der Waals surface area contributed by atoms with Gasteiger partial charge in [-0.25, -0.2) is 13.6 Å². The van der Waals surface area contributed by atoms with E-state index < -0.39 is 17.6 Å². The second-order valence-electron chi connectivity index (χ2n) is 7.08. The van der Waals surface area contributed by atoms with Crippen LogP contribution in [0.15, 0.2) is 36.5 Å². The van der Waals surface area contributed by atoms with E-state index in [2.05, 4.69) is 20.4 Å². The minimum Gasteiger partial charge on any atom is -0.465 e. The van der Waals surface area contributed by atoms with Gasteiger partial charge in [-0.3, -0.25) is 9.78 Å². The second kappa shape index (κ2) is 7.70. The maximum absolute atomic E-state index is 14.8. The molecule has 0 radical (unpaired) electrons. The standard InChI is InChI=1S/C22H19F2N3O3/c1-25-20-15-8-14(11-3-6-13(17(23)7-11)22(29)30-2)18(24)9-19(15)26-10-16(20)21(28)27-12-4-5-12/h3,6-10,12H,4-5H2,1-2H3,(H,25,26)(H,27,28). The van der Waals surface area contributed by atoms with E-state index in [0.29, 0.717) is 22.2 Å². The first-order chi connectivity index (χ1) is 14.4. The van der Waals surface area contributed by atoms with Crippen LogP contribution in [0.4, 0.5) is 14.5 Å². The number of halogens is 2. The van der Waals surface area contributed by atoms with Crippen molar-refractivity contribution in [1.29, 1.82) is 0 Å². The van der Waals surface area contributed by atoms with Gasteiger partial charge in [-0.05, 0) is 36.6 Å². The van der Waals surface area contributed by atoms with Crippen LogP contribution in [-0.2, 0) is 4.74 Å². The summed E-state index contributed by atoms with van der Waals surface area (Å²) in [4.78, 5) is 28.4. The SMILES string of the molecule is CNc1c(C(=O)NC2CC2)cnc2cc(F)c(-c3ccc(C(=O)OC)c(F)c3)cc12. The van der Waals surface area contributed by atoms with Gasteiger partial charge in [0.1, 0.15) is 11.6 Å². The Morgan fingerprint density at radius 1 is 1.10 bits per heavy atom. The zero-order valence-corrected chi connectivity index (χ0v) is 16.4. The number of pyridine rings is 1. The molecule has 154 valence electrons. The molecule has 1 aliphatic rings. The van der Waals surface area contributed by atoms with E-state index in [4.69, 9.17) is 0 Å². The van der Waals surface area contributed by atoms with Crippen molar-refractivity contribution < 1.29 is 23.1 Å². The number of benzene rings is 2. The molecular weight excluding hydrogens is 392 g/mol. The number of amides is 1.